The highest BCUT2D eigenvalue weighted by Crippen LogP contribution is 2.23. The van der Waals surface area contributed by atoms with Gasteiger partial charge in [0.15, 0.2) is 0 Å². The maximum Gasteiger partial charge on any atom is 0.305 e. The molecule has 0 aliphatic heterocycles. The molecular weight excluding hydrogens is 300 g/mol. The van der Waals surface area contributed by atoms with Crippen LogP contribution in [0.2, 0.25) is 0 Å². The standard InChI is InChI=1S/C12H15BrN2O3/c1-2-8(6-11(16)17)15-10-5-7(13)3-4-9(10)12(14)18/h3-5,8,15H,2,6H2,1H3,(H2,14,18)(H,16,17). The maximum absolute atomic E-state index is 11.3. The van der Waals surface area contributed by atoms with Crippen molar-refractivity contribution in [3.05, 3.63) is 28.2 Å². The van der Waals surface area contributed by atoms with E-state index < -0.39 is 11.9 Å². The van der Waals surface area contributed by atoms with Gasteiger partial charge in [0.25, 0.3) is 5.91 Å². The molecule has 1 aromatic carbocycles. The Kier molecular flexibility index (Phi) is 5.15. The van der Waals surface area contributed by atoms with Crippen molar-refractivity contribution in [2.24, 2.45) is 5.73 Å². The summed E-state index contributed by atoms with van der Waals surface area (Å²) >= 11 is 3.30. The molecule has 98 valence electrons. The molecule has 1 unspecified atom stereocenters. The predicted octanol–water partition coefficient (Wildman–Crippen LogP) is 2.21. The molecular formula is C12H15BrN2O3. The molecule has 1 aromatic rings. The van der Waals surface area contributed by atoms with Crippen molar-refractivity contribution in [3.8, 4) is 0 Å². The van der Waals surface area contributed by atoms with Gasteiger partial charge in [0.05, 0.1) is 12.0 Å². The number of carbonyl (C=O) groups is 2. The average Bonchev–Trinajstić information content (AvgIpc) is 2.27. The van der Waals surface area contributed by atoms with Crippen LogP contribution >= 0.6 is 15.9 Å². The van der Waals surface area contributed by atoms with Gasteiger partial charge in [-0.15, -0.1) is 0 Å². The Hall–Kier alpha value is -1.56. The highest BCUT2D eigenvalue weighted by atomic mass is 79.9. The number of nitrogens with two attached hydrogens (primary N) is 1. The normalized spacial score (nSPS) is 11.9. The predicted molar refractivity (Wildman–Crippen MR) is 72.6 cm³/mol. The average molecular weight is 315 g/mol. The Morgan fingerprint density at radius 1 is 1.50 bits per heavy atom. The lowest BCUT2D eigenvalue weighted by Gasteiger charge is -2.18. The first kappa shape index (κ1) is 14.5. The Bertz CT molecular complexity index is 463. The van der Waals surface area contributed by atoms with Crippen LogP contribution in [0.1, 0.15) is 30.1 Å². The van der Waals surface area contributed by atoms with E-state index in [1.165, 1.54) is 0 Å². The number of halogens is 1. The highest BCUT2D eigenvalue weighted by Gasteiger charge is 2.15. The zero-order chi connectivity index (χ0) is 13.7. The zero-order valence-corrected chi connectivity index (χ0v) is 11.5. The minimum atomic E-state index is -0.884. The van der Waals surface area contributed by atoms with Crippen molar-refractivity contribution in [1.82, 2.24) is 0 Å². The minimum absolute atomic E-state index is 0.0127. The number of nitrogens with one attached hydrogen (secondary N) is 1. The number of carbonyl (C=O) groups excluding carboxylic acids is 1. The van der Waals surface area contributed by atoms with Crippen LogP contribution in [-0.2, 0) is 4.79 Å². The minimum Gasteiger partial charge on any atom is -0.481 e. The van der Waals surface area contributed by atoms with Gasteiger partial charge in [0.1, 0.15) is 0 Å². The molecule has 0 fully saturated rings. The second-order valence-corrected chi connectivity index (χ2v) is 4.82. The monoisotopic (exact) mass is 314 g/mol. The van der Waals surface area contributed by atoms with E-state index in [9.17, 15) is 9.59 Å². The summed E-state index contributed by atoms with van der Waals surface area (Å²) < 4.78 is 0.792. The van der Waals surface area contributed by atoms with Crippen molar-refractivity contribution in [2.45, 2.75) is 25.8 Å². The summed E-state index contributed by atoms with van der Waals surface area (Å²) in [4.78, 5) is 22.0. The first-order valence-corrected chi connectivity index (χ1v) is 6.31. The summed E-state index contributed by atoms with van der Waals surface area (Å²) in [5, 5.41) is 11.8. The Balaban J connectivity index is 2.96. The van der Waals surface area contributed by atoms with Crippen LogP contribution in [-0.4, -0.2) is 23.0 Å². The fourth-order valence-corrected chi connectivity index (χ4v) is 1.94. The summed E-state index contributed by atoms with van der Waals surface area (Å²) in [5.41, 5.74) is 6.17. The smallest absolute Gasteiger partial charge is 0.305 e. The molecule has 0 spiro atoms. The molecule has 4 N–H and O–H groups in total. The Morgan fingerprint density at radius 3 is 2.67 bits per heavy atom. The molecule has 1 atom stereocenters. The van der Waals surface area contributed by atoms with Gasteiger partial charge in [-0.3, -0.25) is 9.59 Å². The number of anilines is 1. The maximum atomic E-state index is 11.3. The number of benzene rings is 1. The van der Waals surface area contributed by atoms with E-state index in [1.54, 1.807) is 18.2 Å². The van der Waals surface area contributed by atoms with E-state index in [4.69, 9.17) is 10.8 Å². The summed E-state index contributed by atoms with van der Waals surface area (Å²) in [6.07, 6.45) is 0.623. The molecule has 18 heavy (non-hydrogen) atoms. The van der Waals surface area contributed by atoms with Crippen LogP contribution in [0.4, 0.5) is 5.69 Å². The van der Waals surface area contributed by atoms with Crippen molar-refractivity contribution < 1.29 is 14.7 Å². The molecule has 0 saturated carbocycles. The van der Waals surface area contributed by atoms with E-state index in [1.807, 2.05) is 6.92 Å². The fourth-order valence-electron chi connectivity index (χ4n) is 1.58. The summed E-state index contributed by atoms with van der Waals surface area (Å²) in [6.45, 7) is 1.88. The Labute approximate surface area is 113 Å². The van der Waals surface area contributed by atoms with Gasteiger partial charge in [0, 0.05) is 16.2 Å². The summed E-state index contributed by atoms with van der Waals surface area (Å²) in [7, 11) is 0. The lowest BCUT2D eigenvalue weighted by molar-refractivity contribution is -0.137. The van der Waals surface area contributed by atoms with E-state index >= 15 is 0 Å². The van der Waals surface area contributed by atoms with Gasteiger partial charge >= 0.3 is 5.97 Å². The van der Waals surface area contributed by atoms with Crippen molar-refractivity contribution in [3.63, 3.8) is 0 Å². The number of rotatable bonds is 6. The second-order valence-electron chi connectivity index (χ2n) is 3.90. The summed E-state index contributed by atoms with van der Waals surface area (Å²) in [6, 6.07) is 4.78. The number of primary amides is 1. The molecule has 1 amide bonds. The van der Waals surface area contributed by atoms with Gasteiger partial charge in [-0.05, 0) is 24.6 Å². The van der Waals surface area contributed by atoms with Gasteiger partial charge in [-0.2, -0.15) is 0 Å². The molecule has 1 rings (SSSR count). The van der Waals surface area contributed by atoms with Crippen LogP contribution in [0.15, 0.2) is 22.7 Å². The lowest BCUT2D eigenvalue weighted by Crippen LogP contribution is -2.24. The largest absolute Gasteiger partial charge is 0.481 e. The molecule has 0 radical (unpaired) electrons. The third-order valence-corrected chi connectivity index (χ3v) is 3.01. The molecule has 0 heterocycles. The summed E-state index contributed by atoms with van der Waals surface area (Å²) in [5.74, 6) is -1.43. The lowest BCUT2D eigenvalue weighted by atomic mass is 10.1. The topological polar surface area (TPSA) is 92.4 Å². The molecule has 6 heteroatoms. The van der Waals surface area contributed by atoms with Crippen LogP contribution in [0.5, 0.6) is 0 Å². The van der Waals surface area contributed by atoms with Crippen LogP contribution in [0.25, 0.3) is 0 Å². The molecule has 0 aliphatic rings. The van der Waals surface area contributed by atoms with Crippen LogP contribution in [0.3, 0.4) is 0 Å². The number of carboxylic acids is 1. The van der Waals surface area contributed by atoms with Gasteiger partial charge < -0.3 is 16.2 Å². The quantitative estimate of drug-likeness (QED) is 0.750. The number of aliphatic carboxylic acids is 1. The van der Waals surface area contributed by atoms with Crippen molar-refractivity contribution in [2.75, 3.05) is 5.32 Å². The van der Waals surface area contributed by atoms with E-state index in [0.717, 1.165) is 4.47 Å². The molecule has 0 saturated heterocycles. The van der Waals surface area contributed by atoms with Crippen LogP contribution in [0, 0.1) is 0 Å². The first-order valence-electron chi connectivity index (χ1n) is 5.51. The molecule has 0 bridgehead atoms. The van der Waals surface area contributed by atoms with Crippen LogP contribution < -0.4 is 11.1 Å². The molecule has 5 nitrogen and oxygen atoms in total. The first-order chi connectivity index (χ1) is 8.43. The van der Waals surface area contributed by atoms with Crippen molar-refractivity contribution in [1.29, 1.82) is 0 Å². The third kappa shape index (κ3) is 4.03. The van der Waals surface area contributed by atoms with Gasteiger partial charge in [0.2, 0.25) is 0 Å². The van der Waals surface area contributed by atoms with E-state index in [-0.39, 0.29) is 12.5 Å². The second kappa shape index (κ2) is 6.39. The third-order valence-electron chi connectivity index (χ3n) is 2.52. The van der Waals surface area contributed by atoms with E-state index in [0.29, 0.717) is 17.7 Å². The number of hydrogen-bond donors (Lipinski definition) is 3. The SMILES string of the molecule is CCC(CC(=O)O)Nc1cc(Br)ccc1C(N)=O. The van der Waals surface area contributed by atoms with E-state index in [2.05, 4.69) is 21.2 Å². The zero-order valence-electron chi connectivity index (χ0n) is 9.94. The number of carboxylic acid groups (broad SMARTS) is 1. The fraction of sp³-hybridized carbons (Fsp3) is 0.333. The molecule has 0 aromatic heterocycles. The Morgan fingerprint density at radius 2 is 2.17 bits per heavy atom. The highest BCUT2D eigenvalue weighted by molar-refractivity contribution is 9.10. The molecule has 0 aliphatic carbocycles. The van der Waals surface area contributed by atoms with Crippen molar-refractivity contribution >= 4 is 33.5 Å². The number of amides is 1. The van der Waals surface area contributed by atoms with Gasteiger partial charge in [-0.25, -0.2) is 0 Å². The van der Waals surface area contributed by atoms with Gasteiger partial charge in [-0.1, -0.05) is 22.9 Å². The number of hydrogen-bond acceptors (Lipinski definition) is 3.